The Morgan fingerprint density at radius 2 is 1.54 bits per heavy atom. The van der Waals surface area contributed by atoms with Crippen LogP contribution in [0.3, 0.4) is 0 Å². The Labute approximate surface area is 171 Å². The fourth-order valence-electron chi connectivity index (χ4n) is 3.35. The number of halogens is 1. The summed E-state index contributed by atoms with van der Waals surface area (Å²) in [6.45, 7) is 0. The molecule has 0 aliphatic heterocycles. The molecule has 0 fully saturated rings. The van der Waals surface area contributed by atoms with E-state index < -0.39 is 0 Å². The fourth-order valence-corrected chi connectivity index (χ4v) is 3.35. The van der Waals surface area contributed by atoms with Gasteiger partial charge in [0.2, 0.25) is 0 Å². The van der Waals surface area contributed by atoms with Crippen LogP contribution < -0.4 is 9.47 Å². The van der Waals surface area contributed by atoms with Crippen LogP contribution >= 0.6 is 12.4 Å². The van der Waals surface area contributed by atoms with Gasteiger partial charge in [0.25, 0.3) is 0 Å². The van der Waals surface area contributed by atoms with Gasteiger partial charge in [-0.2, -0.15) is 0 Å². The van der Waals surface area contributed by atoms with Gasteiger partial charge in [-0.25, -0.2) is 0 Å². The highest BCUT2D eigenvalue weighted by Gasteiger charge is 2.10. The molecule has 0 radical (unpaired) electrons. The Bertz CT molecular complexity index is 1060. The van der Waals surface area contributed by atoms with Crippen LogP contribution in [0.15, 0.2) is 79.1 Å². The molecule has 3 aromatic carbocycles. The van der Waals surface area contributed by atoms with Crippen LogP contribution in [-0.2, 0) is 6.42 Å². The number of aromatic nitrogens is 1. The minimum absolute atomic E-state index is 0. The van der Waals surface area contributed by atoms with E-state index in [0.717, 1.165) is 28.9 Å². The van der Waals surface area contributed by atoms with Crippen LogP contribution in [-0.4, -0.2) is 19.2 Å². The molecule has 0 saturated heterocycles. The number of hydrogen-bond donors (Lipinski definition) is 0. The Balaban J connectivity index is 0.00000225. The number of rotatable bonds is 5. The molecule has 0 aliphatic rings. The second kappa shape index (κ2) is 8.77. The van der Waals surface area contributed by atoms with E-state index in [9.17, 15) is 0 Å². The minimum Gasteiger partial charge on any atom is -0.497 e. The SMILES string of the molecule is COc1ccc(Cc2cc3ccc(OC)cc3cc2-c2cccnc2)cc1.Cl. The number of nitrogens with zero attached hydrogens (tertiary/aromatic N) is 1. The lowest BCUT2D eigenvalue weighted by Crippen LogP contribution is -1.94. The quantitative estimate of drug-likeness (QED) is 0.422. The summed E-state index contributed by atoms with van der Waals surface area (Å²) in [7, 11) is 3.38. The van der Waals surface area contributed by atoms with Gasteiger partial charge in [0.1, 0.15) is 11.5 Å². The predicted octanol–water partition coefficient (Wildman–Crippen LogP) is 5.93. The highest BCUT2D eigenvalue weighted by Crippen LogP contribution is 2.32. The summed E-state index contributed by atoms with van der Waals surface area (Å²) in [5.41, 5.74) is 4.82. The average Bonchev–Trinajstić information content (AvgIpc) is 2.74. The van der Waals surface area contributed by atoms with E-state index in [1.165, 1.54) is 22.1 Å². The zero-order valence-electron chi connectivity index (χ0n) is 15.9. The molecule has 0 amide bonds. The van der Waals surface area contributed by atoms with E-state index in [2.05, 4.69) is 47.4 Å². The van der Waals surface area contributed by atoms with Crippen molar-refractivity contribution in [1.82, 2.24) is 4.98 Å². The first kappa shape index (κ1) is 19.7. The molecule has 4 heteroatoms. The highest BCUT2D eigenvalue weighted by molar-refractivity contribution is 5.90. The largest absolute Gasteiger partial charge is 0.497 e. The molecule has 0 saturated carbocycles. The van der Waals surface area contributed by atoms with Gasteiger partial charge in [-0.05, 0) is 70.3 Å². The van der Waals surface area contributed by atoms with Gasteiger partial charge in [0.15, 0.2) is 0 Å². The van der Waals surface area contributed by atoms with E-state index in [0.29, 0.717) is 0 Å². The Morgan fingerprint density at radius 3 is 2.21 bits per heavy atom. The van der Waals surface area contributed by atoms with Crippen molar-refractivity contribution < 1.29 is 9.47 Å². The molecular weight excluding hydrogens is 370 g/mol. The van der Waals surface area contributed by atoms with Crippen molar-refractivity contribution in [3.8, 4) is 22.6 Å². The van der Waals surface area contributed by atoms with Gasteiger partial charge in [0.05, 0.1) is 14.2 Å². The smallest absolute Gasteiger partial charge is 0.119 e. The van der Waals surface area contributed by atoms with Crippen molar-refractivity contribution in [2.75, 3.05) is 14.2 Å². The van der Waals surface area contributed by atoms with Crippen LogP contribution in [0.5, 0.6) is 11.5 Å². The van der Waals surface area contributed by atoms with Gasteiger partial charge in [-0.1, -0.05) is 30.3 Å². The van der Waals surface area contributed by atoms with E-state index >= 15 is 0 Å². The highest BCUT2D eigenvalue weighted by atomic mass is 35.5. The van der Waals surface area contributed by atoms with Crippen LogP contribution in [0.1, 0.15) is 11.1 Å². The molecule has 4 aromatic rings. The number of benzene rings is 3. The standard InChI is InChI=1S/C24H21NO2.ClH/c1-26-22-8-5-17(6-9-22)12-21-13-18-7-10-23(27-2)14-20(18)15-24(21)19-4-3-11-25-16-19;/h3-11,13-16H,12H2,1-2H3;1H. The molecule has 0 unspecified atom stereocenters. The molecule has 3 nitrogen and oxygen atoms in total. The Morgan fingerprint density at radius 1 is 0.786 bits per heavy atom. The summed E-state index contributed by atoms with van der Waals surface area (Å²) in [6, 6.07) is 23.0. The zero-order chi connectivity index (χ0) is 18.6. The van der Waals surface area contributed by atoms with Crippen molar-refractivity contribution in [3.63, 3.8) is 0 Å². The number of fused-ring (bicyclic) bond motifs is 1. The van der Waals surface area contributed by atoms with E-state index in [4.69, 9.17) is 9.47 Å². The monoisotopic (exact) mass is 391 g/mol. The Hall–Kier alpha value is -3.04. The maximum Gasteiger partial charge on any atom is 0.119 e. The van der Waals surface area contributed by atoms with Crippen LogP contribution in [0, 0.1) is 0 Å². The first-order valence-corrected chi connectivity index (χ1v) is 8.91. The third-order valence-electron chi connectivity index (χ3n) is 4.80. The number of hydrogen-bond acceptors (Lipinski definition) is 3. The van der Waals surface area contributed by atoms with Crippen molar-refractivity contribution in [1.29, 1.82) is 0 Å². The summed E-state index contributed by atoms with van der Waals surface area (Å²) in [6.07, 6.45) is 4.56. The maximum absolute atomic E-state index is 5.39. The molecule has 1 heterocycles. The van der Waals surface area contributed by atoms with E-state index in [1.807, 2.05) is 30.5 Å². The fraction of sp³-hybridized carbons (Fsp3) is 0.125. The number of methoxy groups -OCH3 is 2. The topological polar surface area (TPSA) is 31.4 Å². The molecular formula is C24H22ClNO2. The molecule has 0 atom stereocenters. The normalized spacial score (nSPS) is 10.4. The van der Waals surface area contributed by atoms with Gasteiger partial charge in [-0.3, -0.25) is 4.98 Å². The van der Waals surface area contributed by atoms with E-state index in [-0.39, 0.29) is 12.4 Å². The first-order valence-electron chi connectivity index (χ1n) is 8.91. The third-order valence-corrected chi connectivity index (χ3v) is 4.80. The van der Waals surface area contributed by atoms with Crippen LogP contribution in [0.2, 0.25) is 0 Å². The molecule has 1 aromatic heterocycles. The van der Waals surface area contributed by atoms with Crippen molar-refractivity contribution in [2.45, 2.75) is 6.42 Å². The first-order chi connectivity index (χ1) is 13.3. The number of ether oxygens (including phenoxy) is 2. The lowest BCUT2D eigenvalue weighted by Gasteiger charge is -2.13. The van der Waals surface area contributed by atoms with E-state index in [1.54, 1.807) is 20.4 Å². The third kappa shape index (κ3) is 4.10. The van der Waals surface area contributed by atoms with Gasteiger partial charge >= 0.3 is 0 Å². The molecule has 0 bridgehead atoms. The summed E-state index contributed by atoms with van der Waals surface area (Å²) in [4.78, 5) is 4.30. The van der Waals surface area contributed by atoms with Gasteiger partial charge < -0.3 is 9.47 Å². The summed E-state index contributed by atoms with van der Waals surface area (Å²) >= 11 is 0. The van der Waals surface area contributed by atoms with Crippen molar-refractivity contribution in [2.24, 2.45) is 0 Å². The van der Waals surface area contributed by atoms with Crippen molar-refractivity contribution in [3.05, 3.63) is 90.3 Å². The molecule has 0 N–H and O–H groups in total. The zero-order valence-corrected chi connectivity index (χ0v) is 16.7. The summed E-state index contributed by atoms with van der Waals surface area (Å²) in [5.74, 6) is 1.74. The molecule has 0 spiro atoms. The van der Waals surface area contributed by atoms with Crippen LogP contribution in [0.25, 0.3) is 21.9 Å². The maximum atomic E-state index is 5.39. The lowest BCUT2D eigenvalue weighted by atomic mass is 9.92. The van der Waals surface area contributed by atoms with Gasteiger partial charge in [-0.15, -0.1) is 12.4 Å². The lowest BCUT2D eigenvalue weighted by molar-refractivity contribution is 0.414. The summed E-state index contributed by atoms with van der Waals surface area (Å²) in [5, 5.41) is 2.36. The average molecular weight is 392 g/mol. The Kier molecular flexibility index (Phi) is 6.17. The molecule has 0 aliphatic carbocycles. The molecule has 4 rings (SSSR count). The molecule has 28 heavy (non-hydrogen) atoms. The summed E-state index contributed by atoms with van der Waals surface area (Å²) < 4.78 is 10.7. The second-order valence-electron chi connectivity index (χ2n) is 6.49. The number of pyridine rings is 1. The predicted molar refractivity (Wildman–Crippen MR) is 117 cm³/mol. The van der Waals surface area contributed by atoms with Crippen LogP contribution in [0.4, 0.5) is 0 Å². The second-order valence-corrected chi connectivity index (χ2v) is 6.49. The van der Waals surface area contributed by atoms with Gasteiger partial charge in [0, 0.05) is 18.0 Å². The molecule has 142 valence electrons. The minimum atomic E-state index is 0. The van der Waals surface area contributed by atoms with Crippen molar-refractivity contribution >= 4 is 23.2 Å².